The van der Waals surface area contributed by atoms with E-state index in [1.54, 1.807) is 31.4 Å². The van der Waals surface area contributed by atoms with Crippen molar-refractivity contribution in [3.63, 3.8) is 0 Å². The van der Waals surface area contributed by atoms with E-state index in [1.165, 1.54) is 7.11 Å². The Hall–Kier alpha value is -5.73. The smallest absolute Gasteiger partial charge is 0.235 e. The normalized spacial score (nSPS) is 11.4. The fourth-order valence-corrected chi connectivity index (χ4v) is 5.01. The van der Waals surface area contributed by atoms with Crippen LogP contribution in [-0.4, -0.2) is 21.0 Å². The molecule has 0 unspecified atom stereocenters. The molecule has 2 bridgehead atoms. The Kier molecular flexibility index (Phi) is 10.00. The van der Waals surface area contributed by atoms with Crippen LogP contribution in [-0.2, 0) is 24.6 Å². The molecular weight excluding hydrogens is 596 g/mol. The summed E-state index contributed by atoms with van der Waals surface area (Å²) in [4.78, 5) is 14.1. The molecule has 0 aliphatic rings. The van der Waals surface area contributed by atoms with Crippen molar-refractivity contribution in [2.24, 2.45) is 0 Å². The lowest BCUT2D eigenvalue weighted by atomic mass is 10.1. The van der Waals surface area contributed by atoms with E-state index in [0.29, 0.717) is 35.2 Å². The van der Waals surface area contributed by atoms with Crippen LogP contribution in [0.4, 0.5) is 0 Å². The van der Waals surface area contributed by atoms with E-state index >= 15 is 0 Å². The average molecular weight is 631 g/mol. The minimum atomic E-state index is -0.413. The molecule has 0 amide bonds. The van der Waals surface area contributed by atoms with Gasteiger partial charge >= 0.3 is 0 Å². The summed E-state index contributed by atoms with van der Waals surface area (Å²) >= 11 is 0. The standard InChI is InChI=1S/C39H34O8/c1-41-26-46-39-36-33(44-24-28-14-8-4-9-15-28)22-35(45-25-29-16-10-5-11-17-29)38(39)47-34(37(36)40)21-30-18-19-31(42-2)32(20-30)43-23-27-12-6-3-7-13-27/h3-22H,23-26H2,1-2H3. The number of fused-ring (bicyclic) bond motifs is 2. The Morgan fingerprint density at radius 3 is 1.70 bits per heavy atom. The molecule has 8 heteroatoms. The van der Waals surface area contributed by atoms with E-state index in [1.807, 2.05) is 97.1 Å². The van der Waals surface area contributed by atoms with Gasteiger partial charge in [0.05, 0.1) is 7.11 Å². The van der Waals surface area contributed by atoms with Gasteiger partial charge in [0, 0.05) is 13.2 Å². The summed E-state index contributed by atoms with van der Waals surface area (Å²) in [6, 6.07) is 36.4. The highest BCUT2D eigenvalue weighted by Crippen LogP contribution is 2.40. The molecule has 0 saturated heterocycles. The first-order valence-electron chi connectivity index (χ1n) is 15.1. The summed E-state index contributed by atoms with van der Waals surface area (Å²) in [5.41, 5.74) is 3.47. The van der Waals surface area contributed by atoms with Crippen LogP contribution in [0.5, 0.6) is 28.7 Å². The molecule has 0 atom stereocenters. The first kappa shape index (κ1) is 31.3. The zero-order valence-corrected chi connectivity index (χ0v) is 26.1. The maximum atomic E-state index is 14.1. The second-order valence-electron chi connectivity index (χ2n) is 10.6. The largest absolute Gasteiger partial charge is 0.493 e. The van der Waals surface area contributed by atoms with Crippen molar-refractivity contribution in [1.82, 2.24) is 0 Å². The summed E-state index contributed by atoms with van der Waals surface area (Å²) in [6.07, 6.45) is 1.65. The van der Waals surface area contributed by atoms with Crippen molar-refractivity contribution in [3.05, 3.63) is 153 Å². The minimum Gasteiger partial charge on any atom is -0.493 e. The number of ether oxygens (including phenoxy) is 6. The number of benzene rings is 5. The van der Waals surface area contributed by atoms with Crippen LogP contribution in [0.2, 0.25) is 0 Å². The maximum absolute atomic E-state index is 14.1. The Bertz CT molecular complexity index is 2020. The molecule has 0 fully saturated rings. The summed E-state index contributed by atoms with van der Waals surface area (Å²) in [5.74, 6) is 1.92. The summed E-state index contributed by atoms with van der Waals surface area (Å²) in [6.45, 7) is 0.715. The first-order chi connectivity index (χ1) is 23.1. The van der Waals surface area contributed by atoms with E-state index in [9.17, 15) is 4.79 Å². The third-order valence-corrected chi connectivity index (χ3v) is 7.35. The topological polar surface area (TPSA) is 85.6 Å². The van der Waals surface area contributed by atoms with Gasteiger partial charge in [-0.2, -0.15) is 0 Å². The highest BCUT2D eigenvalue weighted by molar-refractivity contribution is 5.88. The molecule has 1 heterocycles. The highest BCUT2D eigenvalue weighted by atomic mass is 16.7. The third-order valence-electron chi connectivity index (χ3n) is 7.35. The summed E-state index contributed by atoms with van der Waals surface area (Å²) in [7, 11) is 3.08. The van der Waals surface area contributed by atoms with Gasteiger partial charge in [0.2, 0.25) is 11.0 Å². The van der Waals surface area contributed by atoms with Gasteiger partial charge in [-0.15, -0.1) is 0 Å². The number of rotatable bonds is 14. The molecule has 238 valence electrons. The van der Waals surface area contributed by atoms with E-state index in [2.05, 4.69) is 0 Å². The molecule has 0 aliphatic carbocycles. The molecule has 6 aromatic rings. The molecular formula is C39H34O8. The van der Waals surface area contributed by atoms with Crippen LogP contribution in [0.25, 0.3) is 17.0 Å². The maximum Gasteiger partial charge on any atom is 0.235 e. The average Bonchev–Trinajstić information content (AvgIpc) is 3.12. The highest BCUT2D eigenvalue weighted by Gasteiger charge is 2.23. The van der Waals surface area contributed by atoms with Crippen molar-refractivity contribution in [1.29, 1.82) is 0 Å². The van der Waals surface area contributed by atoms with E-state index < -0.39 is 5.43 Å². The van der Waals surface area contributed by atoms with Gasteiger partial charge in [-0.3, -0.25) is 4.79 Å². The molecule has 0 radical (unpaired) electrons. The lowest BCUT2D eigenvalue weighted by Gasteiger charge is -2.17. The van der Waals surface area contributed by atoms with Crippen LogP contribution in [0.15, 0.2) is 124 Å². The zero-order chi connectivity index (χ0) is 32.4. The van der Waals surface area contributed by atoms with Crippen LogP contribution >= 0.6 is 0 Å². The quantitative estimate of drug-likeness (QED) is 0.118. The second kappa shape index (κ2) is 15.0. The molecule has 5 aromatic carbocycles. The number of hydrogen-bond donors (Lipinski definition) is 0. The van der Waals surface area contributed by atoms with E-state index in [4.69, 9.17) is 32.8 Å². The Balaban J connectivity index is 1.45. The Morgan fingerprint density at radius 2 is 1.15 bits per heavy atom. The minimum absolute atomic E-state index is 0.0636. The van der Waals surface area contributed by atoms with Gasteiger partial charge in [0.15, 0.2) is 35.2 Å². The molecule has 0 aliphatic heterocycles. The molecule has 0 spiro atoms. The van der Waals surface area contributed by atoms with Crippen molar-refractivity contribution in [2.45, 2.75) is 19.8 Å². The Labute approximate surface area is 272 Å². The van der Waals surface area contributed by atoms with Gasteiger partial charge in [0.1, 0.15) is 31.0 Å². The van der Waals surface area contributed by atoms with Gasteiger partial charge in [-0.25, -0.2) is 0 Å². The monoisotopic (exact) mass is 630 g/mol. The predicted molar refractivity (Wildman–Crippen MR) is 179 cm³/mol. The molecule has 0 N–H and O–H groups in total. The molecule has 6 rings (SSSR count). The van der Waals surface area contributed by atoms with Crippen LogP contribution < -0.4 is 34.5 Å². The predicted octanol–water partition coefficient (Wildman–Crippen LogP) is 7.07. The second-order valence-corrected chi connectivity index (χ2v) is 10.6. The molecule has 1 aromatic heterocycles. The van der Waals surface area contributed by atoms with Crippen molar-refractivity contribution >= 4 is 17.0 Å². The summed E-state index contributed by atoms with van der Waals surface area (Å²) in [5, 5.41) is 0.214. The fraction of sp³-hybridized carbons (Fsp3) is 0.154. The molecule has 0 saturated carbocycles. The lowest BCUT2D eigenvalue weighted by Crippen LogP contribution is -2.26. The zero-order valence-electron chi connectivity index (χ0n) is 26.1. The number of methoxy groups -OCH3 is 2. The van der Waals surface area contributed by atoms with Crippen molar-refractivity contribution in [3.8, 4) is 28.7 Å². The van der Waals surface area contributed by atoms with Crippen LogP contribution in [0.3, 0.4) is 0 Å². The van der Waals surface area contributed by atoms with Gasteiger partial charge in [-0.05, 0) is 40.5 Å². The molecule has 8 nitrogen and oxygen atoms in total. The number of hydrogen-bond acceptors (Lipinski definition) is 8. The van der Waals surface area contributed by atoms with E-state index in [-0.39, 0.29) is 42.1 Å². The lowest BCUT2D eigenvalue weighted by molar-refractivity contribution is 0.0518. The Morgan fingerprint density at radius 1 is 0.596 bits per heavy atom. The SMILES string of the molecule is COCOc1c2oc(=Cc3ccc(OC)c(OCc4ccccc4)c3)c(=O)c1c(OCc1ccccc1)cc2OCc1ccccc1. The third kappa shape index (κ3) is 7.57. The molecule has 47 heavy (non-hydrogen) atoms. The van der Waals surface area contributed by atoms with E-state index in [0.717, 1.165) is 16.7 Å². The van der Waals surface area contributed by atoms with Crippen LogP contribution in [0, 0.1) is 0 Å². The van der Waals surface area contributed by atoms with Gasteiger partial charge in [0.25, 0.3) is 0 Å². The fourth-order valence-electron chi connectivity index (χ4n) is 5.01. The van der Waals surface area contributed by atoms with Crippen molar-refractivity contribution < 1.29 is 32.8 Å². The van der Waals surface area contributed by atoms with Crippen LogP contribution in [0.1, 0.15) is 22.3 Å². The summed E-state index contributed by atoms with van der Waals surface area (Å²) < 4.78 is 41.6. The van der Waals surface area contributed by atoms with Gasteiger partial charge < -0.3 is 32.8 Å². The first-order valence-corrected chi connectivity index (χ1v) is 15.1. The van der Waals surface area contributed by atoms with Gasteiger partial charge in [-0.1, -0.05) is 97.1 Å². The van der Waals surface area contributed by atoms with Crippen molar-refractivity contribution in [2.75, 3.05) is 21.0 Å².